The number of nitrogens with one attached hydrogen (secondary N) is 1. The number of aliphatic hydroxyl groups is 1. The SMILES string of the molecule is CC(C)CCOc1ccc(CN2CC(C(=O)N[C@@H](C)CO)C2)c(F)c1. The largest absolute Gasteiger partial charge is 0.493 e. The minimum atomic E-state index is -0.274. The lowest BCUT2D eigenvalue weighted by Crippen LogP contribution is -2.54. The Morgan fingerprint density at radius 1 is 1.40 bits per heavy atom. The predicted molar refractivity (Wildman–Crippen MR) is 94.8 cm³/mol. The minimum absolute atomic E-state index is 0.0489. The molecular formula is C19H29FN2O3. The van der Waals surface area contributed by atoms with E-state index in [1.54, 1.807) is 19.1 Å². The molecule has 0 aromatic heterocycles. The van der Waals surface area contributed by atoms with Crippen molar-refractivity contribution in [2.75, 3.05) is 26.3 Å². The van der Waals surface area contributed by atoms with Crippen molar-refractivity contribution in [1.29, 1.82) is 0 Å². The molecule has 25 heavy (non-hydrogen) atoms. The number of amides is 1. The highest BCUT2D eigenvalue weighted by Gasteiger charge is 2.33. The van der Waals surface area contributed by atoms with E-state index >= 15 is 0 Å². The Balaban J connectivity index is 1.77. The van der Waals surface area contributed by atoms with E-state index in [2.05, 4.69) is 19.2 Å². The first-order valence-electron chi connectivity index (χ1n) is 8.93. The summed E-state index contributed by atoms with van der Waals surface area (Å²) in [6.07, 6.45) is 0.940. The monoisotopic (exact) mass is 352 g/mol. The fourth-order valence-corrected chi connectivity index (χ4v) is 2.67. The lowest BCUT2D eigenvalue weighted by Gasteiger charge is -2.38. The summed E-state index contributed by atoms with van der Waals surface area (Å²) in [5, 5.41) is 11.7. The van der Waals surface area contributed by atoms with Gasteiger partial charge >= 0.3 is 0 Å². The van der Waals surface area contributed by atoms with Gasteiger partial charge in [0.25, 0.3) is 0 Å². The first-order valence-corrected chi connectivity index (χ1v) is 8.93. The quantitative estimate of drug-likeness (QED) is 0.715. The van der Waals surface area contributed by atoms with Crippen LogP contribution in [0.2, 0.25) is 0 Å². The van der Waals surface area contributed by atoms with Crippen LogP contribution in [-0.4, -0.2) is 48.3 Å². The molecule has 1 amide bonds. The van der Waals surface area contributed by atoms with Gasteiger partial charge in [-0.05, 0) is 25.3 Å². The fraction of sp³-hybridized carbons (Fsp3) is 0.632. The van der Waals surface area contributed by atoms with E-state index in [1.807, 2.05) is 4.90 Å². The molecule has 0 unspecified atom stereocenters. The summed E-state index contributed by atoms with van der Waals surface area (Å²) in [6, 6.07) is 4.75. The number of halogens is 1. The van der Waals surface area contributed by atoms with Crippen LogP contribution in [0.1, 0.15) is 32.8 Å². The Bertz CT molecular complexity index is 574. The lowest BCUT2D eigenvalue weighted by atomic mass is 9.97. The Kier molecular flexibility index (Phi) is 7.20. The number of nitrogens with zero attached hydrogens (tertiary/aromatic N) is 1. The van der Waals surface area contributed by atoms with Gasteiger partial charge in [-0.3, -0.25) is 9.69 Å². The van der Waals surface area contributed by atoms with Crippen molar-refractivity contribution < 1.29 is 19.0 Å². The van der Waals surface area contributed by atoms with Crippen molar-refractivity contribution in [2.45, 2.75) is 39.8 Å². The first-order chi connectivity index (χ1) is 11.9. The zero-order valence-electron chi connectivity index (χ0n) is 15.3. The van der Waals surface area contributed by atoms with E-state index in [1.165, 1.54) is 6.07 Å². The molecule has 0 aliphatic carbocycles. The third-order valence-electron chi connectivity index (χ3n) is 4.37. The van der Waals surface area contributed by atoms with Gasteiger partial charge in [-0.1, -0.05) is 19.9 Å². The molecule has 0 bridgehead atoms. The van der Waals surface area contributed by atoms with Gasteiger partial charge in [-0.2, -0.15) is 0 Å². The van der Waals surface area contributed by atoms with Crippen LogP contribution in [0.25, 0.3) is 0 Å². The van der Waals surface area contributed by atoms with Crippen LogP contribution in [0.5, 0.6) is 5.75 Å². The van der Waals surface area contributed by atoms with Crippen molar-refractivity contribution in [1.82, 2.24) is 10.2 Å². The molecule has 0 spiro atoms. The average Bonchev–Trinajstić information content (AvgIpc) is 2.51. The molecule has 1 heterocycles. The number of carbonyl (C=O) groups excluding carboxylic acids is 1. The Morgan fingerprint density at radius 3 is 2.72 bits per heavy atom. The summed E-state index contributed by atoms with van der Waals surface area (Å²) < 4.78 is 19.8. The van der Waals surface area contributed by atoms with Crippen LogP contribution in [0.4, 0.5) is 4.39 Å². The zero-order valence-corrected chi connectivity index (χ0v) is 15.3. The van der Waals surface area contributed by atoms with Gasteiger partial charge in [0.15, 0.2) is 0 Å². The third kappa shape index (κ3) is 5.97. The van der Waals surface area contributed by atoms with Crippen LogP contribution < -0.4 is 10.1 Å². The number of aliphatic hydroxyl groups excluding tert-OH is 1. The van der Waals surface area contributed by atoms with Gasteiger partial charge in [-0.25, -0.2) is 4.39 Å². The Morgan fingerprint density at radius 2 is 2.12 bits per heavy atom. The molecule has 0 saturated carbocycles. The molecule has 1 aliphatic rings. The molecule has 0 radical (unpaired) electrons. The van der Waals surface area contributed by atoms with Crippen molar-refractivity contribution in [2.24, 2.45) is 11.8 Å². The summed E-state index contributed by atoms with van der Waals surface area (Å²) >= 11 is 0. The molecule has 1 aliphatic heterocycles. The van der Waals surface area contributed by atoms with Crippen LogP contribution in [0.15, 0.2) is 18.2 Å². The molecule has 1 atom stereocenters. The van der Waals surface area contributed by atoms with E-state index in [0.29, 0.717) is 43.5 Å². The van der Waals surface area contributed by atoms with Gasteiger partial charge in [-0.15, -0.1) is 0 Å². The Labute approximate surface area is 149 Å². The topological polar surface area (TPSA) is 61.8 Å². The second kappa shape index (κ2) is 9.15. The summed E-state index contributed by atoms with van der Waals surface area (Å²) in [6.45, 7) is 8.22. The highest BCUT2D eigenvalue weighted by molar-refractivity contribution is 5.80. The minimum Gasteiger partial charge on any atom is -0.493 e. The number of ether oxygens (including phenoxy) is 1. The maximum Gasteiger partial charge on any atom is 0.225 e. The summed E-state index contributed by atoms with van der Waals surface area (Å²) in [5.74, 6) is 0.702. The van der Waals surface area contributed by atoms with Gasteiger partial charge in [0.05, 0.1) is 19.1 Å². The molecular weight excluding hydrogens is 323 g/mol. The van der Waals surface area contributed by atoms with E-state index in [0.717, 1.165) is 6.42 Å². The van der Waals surface area contributed by atoms with Gasteiger partial charge < -0.3 is 15.2 Å². The predicted octanol–water partition coefficient (Wildman–Crippen LogP) is 2.18. The lowest BCUT2D eigenvalue weighted by molar-refractivity contribution is -0.131. The molecule has 2 N–H and O–H groups in total. The van der Waals surface area contributed by atoms with Crippen molar-refractivity contribution in [3.05, 3.63) is 29.6 Å². The number of hydrogen-bond donors (Lipinski definition) is 2. The molecule has 140 valence electrons. The number of hydrogen-bond acceptors (Lipinski definition) is 4. The summed E-state index contributed by atoms with van der Waals surface area (Å²) in [4.78, 5) is 13.9. The summed E-state index contributed by atoms with van der Waals surface area (Å²) in [5.41, 5.74) is 0.610. The molecule has 6 heteroatoms. The third-order valence-corrected chi connectivity index (χ3v) is 4.37. The highest BCUT2D eigenvalue weighted by atomic mass is 19.1. The van der Waals surface area contributed by atoms with Crippen molar-refractivity contribution in [3.8, 4) is 5.75 Å². The summed E-state index contributed by atoms with van der Waals surface area (Å²) in [7, 11) is 0. The normalized spacial score (nSPS) is 16.6. The van der Waals surface area contributed by atoms with Gasteiger partial charge in [0, 0.05) is 37.3 Å². The van der Waals surface area contributed by atoms with E-state index in [-0.39, 0.29) is 30.3 Å². The fourth-order valence-electron chi connectivity index (χ4n) is 2.67. The van der Waals surface area contributed by atoms with Crippen molar-refractivity contribution in [3.63, 3.8) is 0 Å². The number of likely N-dealkylation sites (tertiary alicyclic amines) is 1. The van der Waals surface area contributed by atoms with Gasteiger partial charge in [0.1, 0.15) is 11.6 Å². The maximum absolute atomic E-state index is 14.2. The number of benzene rings is 1. The van der Waals surface area contributed by atoms with E-state index < -0.39 is 0 Å². The van der Waals surface area contributed by atoms with Crippen molar-refractivity contribution >= 4 is 5.91 Å². The molecule has 2 rings (SSSR count). The number of carbonyl (C=O) groups is 1. The first kappa shape index (κ1) is 19.7. The second-order valence-corrected chi connectivity index (χ2v) is 7.27. The van der Waals surface area contributed by atoms with Crippen LogP contribution in [0, 0.1) is 17.7 Å². The van der Waals surface area contributed by atoms with E-state index in [9.17, 15) is 9.18 Å². The smallest absolute Gasteiger partial charge is 0.225 e. The maximum atomic E-state index is 14.2. The highest BCUT2D eigenvalue weighted by Crippen LogP contribution is 2.23. The molecule has 1 aromatic rings. The second-order valence-electron chi connectivity index (χ2n) is 7.27. The standard InChI is InChI=1S/C19H29FN2O3/c1-13(2)6-7-25-17-5-4-15(18(20)8-17)9-22-10-16(11-22)19(24)21-14(3)12-23/h4-5,8,13-14,16,23H,6-7,9-12H2,1-3H3,(H,21,24)/t14-/m0/s1. The van der Waals surface area contributed by atoms with E-state index in [4.69, 9.17) is 9.84 Å². The van der Waals surface area contributed by atoms with Crippen LogP contribution in [-0.2, 0) is 11.3 Å². The molecule has 1 saturated heterocycles. The average molecular weight is 352 g/mol. The number of rotatable bonds is 9. The Hall–Kier alpha value is -1.66. The molecule has 5 nitrogen and oxygen atoms in total. The molecule has 1 aromatic carbocycles. The van der Waals surface area contributed by atoms with Crippen LogP contribution >= 0.6 is 0 Å². The molecule has 1 fully saturated rings. The zero-order chi connectivity index (χ0) is 18.4. The van der Waals surface area contributed by atoms with Crippen LogP contribution in [0.3, 0.4) is 0 Å². The van der Waals surface area contributed by atoms with Gasteiger partial charge in [0.2, 0.25) is 5.91 Å².